The summed E-state index contributed by atoms with van der Waals surface area (Å²) in [6.07, 6.45) is 10.3. The highest BCUT2D eigenvalue weighted by Crippen LogP contribution is 2.75. The van der Waals surface area contributed by atoms with Crippen LogP contribution in [0.2, 0.25) is 0 Å². The number of hydrogen-bond donors (Lipinski definition) is 3. The third-order valence-electron chi connectivity index (χ3n) is 13.0. The van der Waals surface area contributed by atoms with E-state index in [2.05, 4.69) is 55.0 Å². The SMILES string of the molecule is C=C(C)[C@@H](C)CC[C@](C)(O)[C@H]1CC[C@@]2(CO)[C@@H]1CC[C@@H]1[C@@]3(C)CC[C@H](O)C(C)(C)[C@H]3CC[C@]12C. The highest BCUT2D eigenvalue weighted by molar-refractivity contribution is 5.19. The second-order valence-corrected chi connectivity index (χ2v) is 14.7. The second kappa shape index (κ2) is 8.59. The molecule has 0 aromatic heterocycles. The lowest BCUT2D eigenvalue weighted by Gasteiger charge is -2.70. The van der Waals surface area contributed by atoms with Crippen LogP contribution < -0.4 is 0 Å². The number of hydrogen-bond acceptors (Lipinski definition) is 3. The molecule has 4 rings (SSSR count). The van der Waals surface area contributed by atoms with Crippen LogP contribution in [0.3, 0.4) is 0 Å². The molecular formula is C31H54O3. The van der Waals surface area contributed by atoms with E-state index in [9.17, 15) is 15.3 Å². The maximum absolute atomic E-state index is 11.8. The van der Waals surface area contributed by atoms with Crippen LogP contribution >= 0.6 is 0 Å². The van der Waals surface area contributed by atoms with E-state index in [1.165, 1.54) is 12.0 Å². The summed E-state index contributed by atoms with van der Waals surface area (Å²) in [5.41, 5.74) is 0.709. The van der Waals surface area contributed by atoms with Crippen LogP contribution in [0.25, 0.3) is 0 Å². The zero-order valence-corrected chi connectivity index (χ0v) is 23.3. The number of aliphatic hydroxyl groups is 3. The molecule has 3 N–H and O–H groups in total. The fourth-order valence-corrected chi connectivity index (χ4v) is 10.6. The predicted molar refractivity (Wildman–Crippen MR) is 140 cm³/mol. The highest BCUT2D eigenvalue weighted by Gasteiger charge is 2.70. The summed E-state index contributed by atoms with van der Waals surface area (Å²) in [4.78, 5) is 0. The van der Waals surface area contributed by atoms with Gasteiger partial charge in [0.05, 0.1) is 11.7 Å². The van der Waals surface area contributed by atoms with Crippen LogP contribution in [0.1, 0.15) is 113 Å². The average Bonchev–Trinajstić information content (AvgIpc) is 3.16. The lowest BCUT2D eigenvalue weighted by Crippen LogP contribution is -2.65. The van der Waals surface area contributed by atoms with Crippen molar-refractivity contribution in [1.82, 2.24) is 0 Å². The Morgan fingerprint density at radius 2 is 1.68 bits per heavy atom. The first-order chi connectivity index (χ1) is 15.7. The maximum atomic E-state index is 11.8. The first kappa shape index (κ1) is 26.7. The molecule has 0 spiro atoms. The van der Waals surface area contributed by atoms with E-state index in [0.717, 1.165) is 57.8 Å². The van der Waals surface area contributed by atoms with Gasteiger partial charge in [-0.2, -0.15) is 0 Å². The van der Waals surface area contributed by atoms with Crippen molar-refractivity contribution in [3.8, 4) is 0 Å². The second-order valence-electron chi connectivity index (χ2n) is 14.7. The van der Waals surface area contributed by atoms with Gasteiger partial charge in [-0.3, -0.25) is 0 Å². The van der Waals surface area contributed by atoms with Gasteiger partial charge in [-0.1, -0.05) is 46.8 Å². The quantitative estimate of drug-likeness (QED) is 0.373. The average molecular weight is 475 g/mol. The molecule has 0 heterocycles. The molecule has 4 aliphatic carbocycles. The van der Waals surface area contributed by atoms with Crippen molar-refractivity contribution in [3.63, 3.8) is 0 Å². The molecule has 34 heavy (non-hydrogen) atoms. The molecule has 196 valence electrons. The molecular weight excluding hydrogens is 420 g/mol. The van der Waals surface area contributed by atoms with E-state index in [-0.39, 0.29) is 40.3 Å². The fraction of sp³-hybridized carbons (Fsp3) is 0.935. The van der Waals surface area contributed by atoms with E-state index >= 15 is 0 Å². The van der Waals surface area contributed by atoms with Gasteiger partial charge in [-0.25, -0.2) is 0 Å². The molecule has 0 amide bonds. The molecule has 0 saturated heterocycles. The Labute approximate surface area is 209 Å². The Balaban J connectivity index is 1.63. The summed E-state index contributed by atoms with van der Waals surface area (Å²) in [7, 11) is 0. The first-order valence-electron chi connectivity index (χ1n) is 14.3. The molecule has 0 aliphatic heterocycles. The lowest BCUT2D eigenvalue weighted by molar-refractivity contribution is -0.236. The van der Waals surface area contributed by atoms with Gasteiger partial charge >= 0.3 is 0 Å². The minimum atomic E-state index is -0.688. The number of aliphatic hydroxyl groups excluding tert-OH is 2. The Kier molecular flexibility index (Phi) is 6.74. The summed E-state index contributed by atoms with van der Waals surface area (Å²) >= 11 is 0. The van der Waals surface area contributed by atoms with Gasteiger partial charge < -0.3 is 15.3 Å². The van der Waals surface area contributed by atoms with E-state index < -0.39 is 5.60 Å². The molecule has 4 aliphatic rings. The van der Waals surface area contributed by atoms with Gasteiger partial charge in [-0.05, 0) is 124 Å². The summed E-state index contributed by atoms with van der Waals surface area (Å²) in [6, 6.07) is 0. The molecule has 0 bridgehead atoms. The molecule has 0 radical (unpaired) electrons. The lowest BCUT2D eigenvalue weighted by atomic mass is 9.35. The first-order valence-corrected chi connectivity index (χ1v) is 14.3. The highest BCUT2D eigenvalue weighted by atomic mass is 16.3. The smallest absolute Gasteiger partial charge is 0.0650 e. The van der Waals surface area contributed by atoms with Gasteiger partial charge in [0.1, 0.15) is 0 Å². The van der Waals surface area contributed by atoms with Crippen molar-refractivity contribution in [2.75, 3.05) is 6.61 Å². The van der Waals surface area contributed by atoms with Gasteiger partial charge in [0, 0.05) is 12.0 Å². The third kappa shape index (κ3) is 3.61. The van der Waals surface area contributed by atoms with Crippen molar-refractivity contribution in [2.45, 2.75) is 124 Å². The van der Waals surface area contributed by atoms with Crippen molar-refractivity contribution < 1.29 is 15.3 Å². The predicted octanol–water partition coefficient (Wildman–Crippen LogP) is 6.75. The molecule has 10 atom stereocenters. The minimum Gasteiger partial charge on any atom is -0.396 e. The Morgan fingerprint density at radius 1 is 1.00 bits per heavy atom. The van der Waals surface area contributed by atoms with Crippen molar-refractivity contribution in [1.29, 1.82) is 0 Å². The van der Waals surface area contributed by atoms with Crippen LogP contribution in [-0.4, -0.2) is 33.6 Å². The van der Waals surface area contributed by atoms with Gasteiger partial charge in [0.2, 0.25) is 0 Å². The molecule has 4 saturated carbocycles. The Hall–Kier alpha value is -0.380. The summed E-state index contributed by atoms with van der Waals surface area (Å²) in [5.74, 6) is 2.23. The van der Waals surface area contributed by atoms with E-state index in [1.54, 1.807) is 0 Å². The zero-order valence-electron chi connectivity index (χ0n) is 23.3. The van der Waals surface area contributed by atoms with Crippen LogP contribution in [-0.2, 0) is 0 Å². The topological polar surface area (TPSA) is 60.7 Å². The Morgan fingerprint density at radius 3 is 2.29 bits per heavy atom. The monoisotopic (exact) mass is 474 g/mol. The largest absolute Gasteiger partial charge is 0.396 e. The molecule has 0 aromatic rings. The molecule has 0 aromatic carbocycles. The minimum absolute atomic E-state index is 0.0422. The molecule has 0 unspecified atom stereocenters. The van der Waals surface area contributed by atoms with Crippen LogP contribution in [0, 0.1) is 51.2 Å². The Bertz CT molecular complexity index is 786. The van der Waals surface area contributed by atoms with Crippen LogP contribution in [0.4, 0.5) is 0 Å². The van der Waals surface area contributed by atoms with E-state index in [4.69, 9.17) is 0 Å². The molecule has 3 nitrogen and oxygen atoms in total. The standard InChI is InChI=1S/C31H54O3/c1-20(2)21(3)11-17-30(8,34)22-12-18-31(19-32)23(22)9-10-25-28(6)15-14-26(33)27(4,5)24(28)13-16-29(25,31)7/h21-26,32-34H,1,9-19H2,2-8H3/t21-,22-,23+,24+,25+,26-,28-,29+,30-,31+/m0/s1. The van der Waals surface area contributed by atoms with Crippen molar-refractivity contribution in [3.05, 3.63) is 12.2 Å². The van der Waals surface area contributed by atoms with Gasteiger partial charge in [0.25, 0.3) is 0 Å². The van der Waals surface area contributed by atoms with Gasteiger partial charge in [-0.15, -0.1) is 0 Å². The summed E-state index contributed by atoms with van der Waals surface area (Å²) < 4.78 is 0. The normalized spacial score (nSPS) is 48.2. The van der Waals surface area contributed by atoms with Crippen molar-refractivity contribution >= 4 is 0 Å². The molecule has 3 heteroatoms. The van der Waals surface area contributed by atoms with Crippen LogP contribution in [0.5, 0.6) is 0 Å². The summed E-state index contributed by atoms with van der Waals surface area (Å²) in [6.45, 7) is 20.4. The number of rotatable bonds is 6. The third-order valence-corrected chi connectivity index (χ3v) is 13.0. The van der Waals surface area contributed by atoms with E-state index in [0.29, 0.717) is 23.7 Å². The van der Waals surface area contributed by atoms with E-state index in [1.807, 2.05) is 0 Å². The van der Waals surface area contributed by atoms with Gasteiger partial charge in [0.15, 0.2) is 0 Å². The fourth-order valence-electron chi connectivity index (χ4n) is 10.6. The summed E-state index contributed by atoms with van der Waals surface area (Å²) in [5, 5.41) is 33.8. The van der Waals surface area contributed by atoms with Crippen molar-refractivity contribution in [2.24, 2.45) is 51.2 Å². The maximum Gasteiger partial charge on any atom is 0.0650 e. The number of allylic oxidation sites excluding steroid dienone is 1. The number of fused-ring (bicyclic) bond motifs is 5. The zero-order chi connectivity index (χ0) is 25.3. The van der Waals surface area contributed by atoms with Crippen LogP contribution in [0.15, 0.2) is 12.2 Å². The molecule has 4 fully saturated rings.